The lowest BCUT2D eigenvalue weighted by molar-refractivity contribution is 0.184. The summed E-state index contributed by atoms with van der Waals surface area (Å²) in [5.74, 6) is -0.0380. The highest BCUT2D eigenvalue weighted by Crippen LogP contribution is 2.11. The Morgan fingerprint density at radius 2 is 1.83 bits per heavy atom. The molecular formula is C13H14FN3O. The third-order valence-electron chi connectivity index (χ3n) is 2.48. The van der Waals surface area contributed by atoms with E-state index in [9.17, 15) is 4.39 Å². The van der Waals surface area contributed by atoms with Gasteiger partial charge in [-0.15, -0.1) is 0 Å². The first-order valence-electron chi connectivity index (χ1n) is 5.56. The summed E-state index contributed by atoms with van der Waals surface area (Å²) in [6.45, 7) is 1.13. The lowest BCUT2D eigenvalue weighted by Gasteiger charge is -2.09. The van der Waals surface area contributed by atoms with E-state index in [-0.39, 0.29) is 0 Å². The molecule has 1 heterocycles. The Morgan fingerprint density at radius 1 is 1.17 bits per heavy atom. The Balaban J connectivity index is 2.03. The molecule has 0 radical (unpaired) electrons. The number of ether oxygens (including phenoxy) is 1. The number of hydrogen-bond acceptors (Lipinski definition) is 4. The van der Waals surface area contributed by atoms with Crippen molar-refractivity contribution in [1.82, 2.24) is 9.97 Å². The molecule has 0 saturated carbocycles. The molecule has 1 aromatic heterocycles. The van der Waals surface area contributed by atoms with Crippen LogP contribution in [0.4, 0.5) is 10.3 Å². The molecule has 0 amide bonds. The summed E-state index contributed by atoms with van der Waals surface area (Å²) in [5.41, 5.74) is 2.21. The van der Waals surface area contributed by atoms with Crippen LogP contribution >= 0.6 is 0 Å². The third kappa shape index (κ3) is 3.24. The molecule has 0 aliphatic carbocycles. The fraction of sp³-hybridized carbons (Fsp3) is 0.231. The van der Waals surface area contributed by atoms with Gasteiger partial charge in [-0.05, 0) is 11.1 Å². The second kappa shape index (κ2) is 6.07. The number of nitrogens with one attached hydrogen (secondary N) is 1. The Bertz CT molecular complexity index is 502. The van der Waals surface area contributed by atoms with E-state index in [1.807, 2.05) is 24.3 Å². The van der Waals surface area contributed by atoms with Gasteiger partial charge in [-0.3, -0.25) is 0 Å². The molecule has 0 fully saturated rings. The molecule has 2 aromatic rings. The van der Waals surface area contributed by atoms with Crippen LogP contribution in [0.5, 0.6) is 0 Å². The van der Waals surface area contributed by atoms with Crippen molar-refractivity contribution in [3.8, 4) is 0 Å². The van der Waals surface area contributed by atoms with Gasteiger partial charge in [0.15, 0.2) is 5.82 Å². The fourth-order valence-corrected chi connectivity index (χ4v) is 1.60. The van der Waals surface area contributed by atoms with E-state index in [1.54, 1.807) is 7.11 Å². The molecule has 0 aliphatic rings. The van der Waals surface area contributed by atoms with Crippen molar-refractivity contribution < 1.29 is 9.13 Å². The average molecular weight is 247 g/mol. The standard InChI is InChI=1S/C13H14FN3O/c1-18-9-11-5-3-2-4-10(11)6-15-13-16-7-12(14)8-17-13/h2-5,7-8H,6,9H2,1H3,(H,15,16,17). The highest BCUT2D eigenvalue weighted by Gasteiger charge is 2.02. The van der Waals surface area contributed by atoms with Crippen LogP contribution < -0.4 is 5.32 Å². The molecule has 1 N–H and O–H groups in total. The summed E-state index contributed by atoms with van der Waals surface area (Å²) in [6.07, 6.45) is 2.27. The molecule has 0 unspecified atom stereocenters. The van der Waals surface area contributed by atoms with E-state index in [1.165, 1.54) is 0 Å². The average Bonchev–Trinajstić information content (AvgIpc) is 2.40. The van der Waals surface area contributed by atoms with Crippen molar-refractivity contribution in [1.29, 1.82) is 0 Å². The minimum absolute atomic E-state index is 0.406. The number of benzene rings is 1. The molecule has 5 heteroatoms. The molecule has 18 heavy (non-hydrogen) atoms. The maximum Gasteiger partial charge on any atom is 0.223 e. The van der Waals surface area contributed by atoms with Gasteiger partial charge in [0.2, 0.25) is 5.95 Å². The van der Waals surface area contributed by atoms with Crippen LogP contribution in [0.2, 0.25) is 0 Å². The van der Waals surface area contributed by atoms with Crippen molar-refractivity contribution in [3.05, 3.63) is 53.6 Å². The highest BCUT2D eigenvalue weighted by atomic mass is 19.1. The van der Waals surface area contributed by atoms with E-state index >= 15 is 0 Å². The molecule has 0 spiro atoms. The van der Waals surface area contributed by atoms with Crippen molar-refractivity contribution in [2.45, 2.75) is 13.2 Å². The zero-order valence-corrected chi connectivity index (χ0v) is 10.1. The van der Waals surface area contributed by atoms with Gasteiger partial charge < -0.3 is 10.1 Å². The van der Waals surface area contributed by atoms with Crippen LogP contribution in [0.3, 0.4) is 0 Å². The first kappa shape index (κ1) is 12.4. The van der Waals surface area contributed by atoms with E-state index in [0.29, 0.717) is 19.1 Å². The Kier molecular flexibility index (Phi) is 4.20. The summed E-state index contributed by atoms with van der Waals surface area (Å²) in [6, 6.07) is 7.94. The van der Waals surface area contributed by atoms with Crippen LogP contribution in [-0.4, -0.2) is 17.1 Å². The Labute approximate surface area is 105 Å². The van der Waals surface area contributed by atoms with Gasteiger partial charge >= 0.3 is 0 Å². The zero-order valence-electron chi connectivity index (χ0n) is 10.1. The summed E-state index contributed by atoms with van der Waals surface area (Å²) < 4.78 is 17.8. The molecule has 0 bridgehead atoms. The highest BCUT2D eigenvalue weighted by molar-refractivity contribution is 5.31. The van der Waals surface area contributed by atoms with Crippen molar-refractivity contribution in [2.24, 2.45) is 0 Å². The van der Waals surface area contributed by atoms with Gasteiger partial charge in [-0.1, -0.05) is 24.3 Å². The summed E-state index contributed by atoms with van der Waals surface area (Å²) >= 11 is 0. The van der Waals surface area contributed by atoms with Gasteiger partial charge in [0, 0.05) is 13.7 Å². The summed E-state index contributed by atoms with van der Waals surface area (Å²) in [5, 5.41) is 3.04. The predicted octanol–water partition coefficient (Wildman–Crippen LogP) is 2.37. The number of aromatic nitrogens is 2. The molecule has 0 saturated heterocycles. The molecule has 94 valence electrons. The lowest BCUT2D eigenvalue weighted by atomic mass is 10.1. The first-order chi connectivity index (χ1) is 8.79. The van der Waals surface area contributed by atoms with E-state index in [2.05, 4.69) is 15.3 Å². The minimum atomic E-state index is -0.444. The normalized spacial score (nSPS) is 10.3. The van der Waals surface area contributed by atoms with E-state index < -0.39 is 5.82 Å². The number of halogens is 1. The van der Waals surface area contributed by atoms with Crippen molar-refractivity contribution in [2.75, 3.05) is 12.4 Å². The molecule has 1 aromatic carbocycles. The van der Waals surface area contributed by atoms with Crippen LogP contribution in [0.25, 0.3) is 0 Å². The van der Waals surface area contributed by atoms with Crippen molar-refractivity contribution >= 4 is 5.95 Å². The quantitative estimate of drug-likeness (QED) is 0.881. The Morgan fingerprint density at radius 3 is 2.50 bits per heavy atom. The number of nitrogens with zero attached hydrogens (tertiary/aromatic N) is 2. The minimum Gasteiger partial charge on any atom is -0.380 e. The largest absolute Gasteiger partial charge is 0.380 e. The number of anilines is 1. The SMILES string of the molecule is COCc1ccccc1CNc1ncc(F)cn1. The Hall–Kier alpha value is -2.01. The molecule has 4 nitrogen and oxygen atoms in total. The lowest BCUT2D eigenvalue weighted by Crippen LogP contribution is -2.06. The second-order valence-electron chi connectivity index (χ2n) is 3.78. The smallest absolute Gasteiger partial charge is 0.223 e. The van der Waals surface area contributed by atoms with Gasteiger partial charge in [0.05, 0.1) is 19.0 Å². The molecule has 0 atom stereocenters. The summed E-state index contributed by atoms with van der Waals surface area (Å²) in [7, 11) is 1.66. The molecular weight excluding hydrogens is 233 g/mol. The summed E-state index contributed by atoms with van der Waals surface area (Å²) in [4.78, 5) is 7.68. The van der Waals surface area contributed by atoms with Gasteiger partial charge in [0.25, 0.3) is 0 Å². The number of hydrogen-bond donors (Lipinski definition) is 1. The maximum absolute atomic E-state index is 12.6. The number of methoxy groups -OCH3 is 1. The molecule has 0 aliphatic heterocycles. The van der Waals surface area contributed by atoms with Crippen LogP contribution in [-0.2, 0) is 17.9 Å². The van der Waals surface area contributed by atoms with E-state index in [0.717, 1.165) is 23.5 Å². The first-order valence-corrected chi connectivity index (χ1v) is 5.56. The second-order valence-corrected chi connectivity index (χ2v) is 3.78. The van der Waals surface area contributed by atoms with Crippen LogP contribution in [0, 0.1) is 5.82 Å². The van der Waals surface area contributed by atoms with Gasteiger partial charge in [0.1, 0.15) is 0 Å². The topological polar surface area (TPSA) is 47.0 Å². The molecule has 2 rings (SSSR count). The van der Waals surface area contributed by atoms with Gasteiger partial charge in [-0.2, -0.15) is 0 Å². The number of rotatable bonds is 5. The van der Waals surface area contributed by atoms with Crippen LogP contribution in [0.15, 0.2) is 36.7 Å². The maximum atomic E-state index is 12.6. The van der Waals surface area contributed by atoms with Crippen molar-refractivity contribution in [3.63, 3.8) is 0 Å². The fourth-order valence-electron chi connectivity index (χ4n) is 1.60. The zero-order chi connectivity index (χ0) is 12.8. The third-order valence-corrected chi connectivity index (χ3v) is 2.48. The van der Waals surface area contributed by atoms with E-state index in [4.69, 9.17) is 4.74 Å². The predicted molar refractivity (Wildman–Crippen MR) is 66.5 cm³/mol. The van der Waals surface area contributed by atoms with Gasteiger partial charge in [-0.25, -0.2) is 14.4 Å². The van der Waals surface area contributed by atoms with Crippen LogP contribution in [0.1, 0.15) is 11.1 Å². The monoisotopic (exact) mass is 247 g/mol.